The highest BCUT2D eigenvalue weighted by Crippen LogP contribution is 2.20. The number of methoxy groups -OCH3 is 1. The molecule has 0 aromatic carbocycles. The molecule has 1 aromatic heterocycles. The summed E-state index contributed by atoms with van der Waals surface area (Å²) < 4.78 is 29.8. The predicted octanol–water partition coefficient (Wildman–Crippen LogP) is -1.18. The first kappa shape index (κ1) is 15.7. The molecule has 21 heavy (non-hydrogen) atoms. The van der Waals surface area contributed by atoms with Crippen molar-refractivity contribution < 1.29 is 23.1 Å². The van der Waals surface area contributed by atoms with Gasteiger partial charge >= 0.3 is 0 Å². The highest BCUT2D eigenvalue weighted by molar-refractivity contribution is 7.88. The van der Waals surface area contributed by atoms with Crippen LogP contribution in [0.2, 0.25) is 0 Å². The van der Waals surface area contributed by atoms with Gasteiger partial charge in [-0.05, 0) is 12.1 Å². The zero-order chi connectivity index (χ0) is 15.6. The van der Waals surface area contributed by atoms with Crippen LogP contribution in [0, 0.1) is 0 Å². The number of sulfonamides is 1. The predicted molar refractivity (Wildman–Crippen MR) is 74.5 cm³/mol. The number of amides is 1. The lowest BCUT2D eigenvalue weighted by molar-refractivity contribution is 0.0760. The molecule has 1 fully saturated rings. The molecule has 1 aromatic rings. The number of aliphatic hydroxyl groups is 1. The van der Waals surface area contributed by atoms with Crippen LogP contribution < -0.4 is 9.46 Å². The first-order valence-electron chi connectivity index (χ1n) is 6.25. The molecule has 0 bridgehead atoms. The summed E-state index contributed by atoms with van der Waals surface area (Å²) in [6, 6.07) is 2.46. The summed E-state index contributed by atoms with van der Waals surface area (Å²) >= 11 is 0. The van der Waals surface area contributed by atoms with Crippen LogP contribution in [0.1, 0.15) is 10.4 Å². The van der Waals surface area contributed by atoms with Crippen LogP contribution in [-0.4, -0.2) is 67.9 Å². The van der Waals surface area contributed by atoms with Crippen molar-refractivity contribution in [3.8, 4) is 5.88 Å². The standard InChI is InChI=1S/C12H17N3O5S/c1-20-11-8(4-3-5-13-11)12(17)15-6-9(10(16)7-15)14-21(2,18)19/h3-5,9-10,14,16H,6-7H2,1-2H3/t9-,10-/m1/s1. The molecule has 0 saturated carbocycles. The molecule has 2 rings (SSSR count). The fraction of sp³-hybridized carbons (Fsp3) is 0.500. The molecular weight excluding hydrogens is 298 g/mol. The highest BCUT2D eigenvalue weighted by atomic mass is 32.2. The van der Waals surface area contributed by atoms with Crippen LogP contribution in [0.15, 0.2) is 18.3 Å². The van der Waals surface area contributed by atoms with Crippen molar-refractivity contribution in [1.82, 2.24) is 14.6 Å². The normalized spacial score (nSPS) is 22.3. The summed E-state index contributed by atoms with van der Waals surface area (Å²) in [7, 11) is -2.04. The van der Waals surface area contributed by atoms with Crippen molar-refractivity contribution in [1.29, 1.82) is 0 Å². The van der Waals surface area contributed by atoms with E-state index in [1.165, 1.54) is 18.2 Å². The maximum Gasteiger partial charge on any atom is 0.259 e. The summed E-state index contributed by atoms with van der Waals surface area (Å²) in [5.74, 6) is -0.173. The van der Waals surface area contributed by atoms with Gasteiger partial charge in [-0.15, -0.1) is 0 Å². The number of hydrogen-bond donors (Lipinski definition) is 2. The number of aromatic nitrogens is 1. The Morgan fingerprint density at radius 1 is 1.52 bits per heavy atom. The van der Waals surface area contributed by atoms with Gasteiger partial charge in [-0.1, -0.05) is 0 Å². The molecule has 0 aliphatic carbocycles. The van der Waals surface area contributed by atoms with E-state index >= 15 is 0 Å². The largest absolute Gasteiger partial charge is 0.480 e. The molecule has 1 aliphatic heterocycles. The van der Waals surface area contributed by atoms with E-state index in [1.807, 2.05) is 0 Å². The van der Waals surface area contributed by atoms with Crippen LogP contribution in [0.3, 0.4) is 0 Å². The quantitative estimate of drug-likeness (QED) is 0.724. The number of carbonyl (C=O) groups excluding carboxylic acids is 1. The van der Waals surface area contributed by atoms with Crippen LogP contribution in [0.5, 0.6) is 5.88 Å². The van der Waals surface area contributed by atoms with E-state index in [2.05, 4.69) is 9.71 Å². The molecule has 0 spiro atoms. The average Bonchev–Trinajstić information content (AvgIpc) is 2.77. The smallest absolute Gasteiger partial charge is 0.259 e. The molecule has 8 nitrogen and oxygen atoms in total. The molecule has 2 heterocycles. The maximum absolute atomic E-state index is 12.4. The SMILES string of the molecule is COc1ncccc1C(=O)N1C[C@@H](O)[C@H](NS(C)(=O)=O)C1. The van der Waals surface area contributed by atoms with E-state index in [4.69, 9.17) is 4.74 Å². The third kappa shape index (κ3) is 3.69. The number of pyridine rings is 1. The molecule has 2 atom stereocenters. The van der Waals surface area contributed by atoms with Gasteiger partial charge in [0.2, 0.25) is 15.9 Å². The number of β-amino-alcohol motifs (C(OH)–C–C–N with tert-alkyl or cyclic N) is 1. The number of hydrogen-bond acceptors (Lipinski definition) is 6. The Kier molecular flexibility index (Phi) is 4.45. The molecule has 1 saturated heterocycles. The van der Waals surface area contributed by atoms with Crippen molar-refractivity contribution in [2.24, 2.45) is 0 Å². The topological polar surface area (TPSA) is 109 Å². The second kappa shape index (κ2) is 5.96. The van der Waals surface area contributed by atoms with E-state index < -0.39 is 22.2 Å². The molecule has 1 aliphatic rings. The van der Waals surface area contributed by atoms with Crippen molar-refractivity contribution in [3.63, 3.8) is 0 Å². The van der Waals surface area contributed by atoms with Gasteiger partial charge in [-0.3, -0.25) is 4.79 Å². The molecule has 0 radical (unpaired) electrons. The van der Waals surface area contributed by atoms with Crippen LogP contribution in [-0.2, 0) is 10.0 Å². The van der Waals surface area contributed by atoms with E-state index in [-0.39, 0.29) is 30.4 Å². The van der Waals surface area contributed by atoms with Gasteiger partial charge in [0.05, 0.1) is 25.5 Å². The zero-order valence-corrected chi connectivity index (χ0v) is 12.5. The molecule has 0 unspecified atom stereocenters. The van der Waals surface area contributed by atoms with Gasteiger partial charge in [-0.25, -0.2) is 18.1 Å². The zero-order valence-electron chi connectivity index (χ0n) is 11.7. The Morgan fingerprint density at radius 2 is 2.24 bits per heavy atom. The Bertz CT molecular complexity index is 634. The van der Waals surface area contributed by atoms with E-state index in [1.54, 1.807) is 12.1 Å². The van der Waals surface area contributed by atoms with Crippen molar-refractivity contribution >= 4 is 15.9 Å². The van der Waals surface area contributed by atoms with Crippen molar-refractivity contribution in [3.05, 3.63) is 23.9 Å². The van der Waals surface area contributed by atoms with Gasteiger partial charge in [0.1, 0.15) is 5.56 Å². The number of aliphatic hydroxyl groups excluding tert-OH is 1. The lowest BCUT2D eigenvalue weighted by Gasteiger charge is -2.17. The fourth-order valence-corrected chi connectivity index (χ4v) is 3.01. The molecule has 1 amide bonds. The van der Waals surface area contributed by atoms with Gasteiger partial charge in [0.15, 0.2) is 0 Å². The second-order valence-electron chi connectivity index (χ2n) is 4.83. The van der Waals surface area contributed by atoms with Gasteiger partial charge in [0, 0.05) is 19.3 Å². The number of rotatable bonds is 4. The number of nitrogens with one attached hydrogen (secondary N) is 1. The third-order valence-corrected chi connectivity index (χ3v) is 3.87. The lowest BCUT2D eigenvalue weighted by atomic mass is 10.2. The van der Waals surface area contributed by atoms with E-state index in [0.717, 1.165) is 6.26 Å². The number of ether oxygens (including phenoxy) is 1. The summed E-state index contributed by atoms with van der Waals surface area (Å²) in [5, 5.41) is 9.88. The minimum Gasteiger partial charge on any atom is -0.480 e. The summed E-state index contributed by atoms with van der Waals surface area (Å²) in [6.45, 7) is 0.134. The number of likely N-dealkylation sites (tertiary alicyclic amines) is 1. The number of carbonyl (C=O) groups is 1. The van der Waals surface area contributed by atoms with Crippen LogP contribution in [0.25, 0.3) is 0 Å². The van der Waals surface area contributed by atoms with Gasteiger partial charge in [0.25, 0.3) is 5.91 Å². The molecule has 116 valence electrons. The Hall–Kier alpha value is -1.71. The van der Waals surface area contributed by atoms with E-state index in [0.29, 0.717) is 0 Å². The minimum atomic E-state index is -3.45. The first-order valence-corrected chi connectivity index (χ1v) is 8.14. The van der Waals surface area contributed by atoms with Gasteiger partial charge in [-0.2, -0.15) is 0 Å². The maximum atomic E-state index is 12.4. The van der Waals surface area contributed by atoms with E-state index in [9.17, 15) is 18.3 Å². The molecular formula is C12H17N3O5S. The minimum absolute atomic E-state index is 0.0457. The number of nitrogens with zero attached hydrogens (tertiary/aromatic N) is 2. The Morgan fingerprint density at radius 3 is 2.86 bits per heavy atom. The van der Waals surface area contributed by atoms with Crippen LogP contribution >= 0.6 is 0 Å². The van der Waals surface area contributed by atoms with Crippen molar-refractivity contribution in [2.75, 3.05) is 26.5 Å². The van der Waals surface area contributed by atoms with Crippen LogP contribution in [0.4, 0.5) is 0 Å². The van der Waals surface area contributed by atoms with Crippen molar-refractivity contribution in [2.45, 2.75) is 12.1 Å². The second-order valence-corrected chi connectivity index (χ2v) is 6.61. The Balaban J connectivity index is 2.15. The summed E-state index contributed by atoms with van der Waals surface area (Å²) in [4.78, 5) is 17.7. The monoisotopic (exact) mass is 315 g/mol. The average molecular weight is 315 g/mol. The molecule has 9 heteroatoms. The summed E-state index contributed by atoms with van der Waals surface area (Å²) in [6.07, 6.45) is 1.56. The lowest BCUT2D eigenvalue weighted by Crippen LogP contribution is -2.42. The molecule has 2 N–H and O–H groups in total. The fourth-order valence-electron chi connectivity index (χ4n) is 2.23. The van der Waals surface area contributed by atoms with Gasteiger partial charge < -0.3 is 14.7 Å². The third-order valence-electron chi connectivity index (χ3n) is 3.14. The first-order chi connectivity index (χ1) is 9.81. The Labute approximate surface area is 122 Å². The summed E-state index contributed by atoms with van der Waals surface area (Å²) in [5.41, 5.74) is 0.271. The highest BCUT2D eigenvalue weighted by Gasteiger charge is 2.36.